The van der Waals surface area contributed by atoms with E-state index < -0.39 is 24.9 Å². The first-order valence-corrected chi connectivity index (χ1v) is 12.1. The Bertz CT molecular complexity index is 1020. The summed E-state index contributed by atoms with van der Waals surface area (Å²) in [5, 5.41) is 2.61. The van der Waals surface area contributed by atoms with Crippen LogP contribution in [0.15, 0.2) is 47.4 Å². The lowest BCUT2D eigenvalue weighted by atomic mass is 10.2. The molecular formula is C19H25ClN5O5P. The topological polar surface area (TPSA) is 106 Å². The molecule has 0 saturated carbocycles. The van der Waals surface area contributed by atoms with Gasteiger partial charge in [0.2, 0.25) is 0 Å². The number of anilines is 1. The zero-order valence-electron chi connectivity index (χ0n) is 17.5. The average molecular weight is 470 g/mol. The van der Waals surface area contributed by atoms with Gasteiger partial charge in [0.1, 0.15) is 5.82 Å². The summed E-state index contributed by atoms with van der Waals surface area (Å²) < 4.78 is 26.1. The van der Waals surface area contributed by atoms with Gasteiger partial charge in [0, 0.05) is 24.8 Å². The normalized spacial score (nSPS) is 21.6. The molecule has 3 rings (SSSR count). The molecule has 2 heterocycles. The number of likely N-dealkylation sites (N-methyl/N-ethyl adjacent to an activating group) is 1. The van der Waals surface area contributed by atoms with Gasteiger partial charge in [0.25, 0.3) is 5.91 Å². The van der Waals surface area contributed by atoms with Crippen LogP contribution < -0.4 is 11.0 Å². The first kappa shape index (κ1) is 23.6. The molecule has 1 N–H and O–H groups in total. The third kappa shape index (κ3) is 6.22. The first-order chi connectivity index (χ1) is 14.7. The van der Waals surface area contributed by atoms with Gasteiger partial charge in [-0.15, -0.1) is 0 Å². The summed E-state index contributed by atoms with van der Waals surface area (Å²) in [4.78, 5) is 30.7. The summed E-state index contributed by atoms with van der Waals surface area (Å²) in [6, 6.07) is 10.2. The molecule has 3 atom stereocenters. The summed E-state index contributed by atoms with van der Waals surface area (Å²) in [5.74, 6) is -0.212. The molecule has 0 bridgehead atoms. The van der Waals surface area contributed by atoms with E-state index in [4.69, 9.17) is 20.5 Å². The van der Waals surface area contributed by atoms with Crippen LogP contribution in [0.3, 0.4) is 0 Å². The number of hydrogen-bond donors (Lipinski definition) is 1. The molecule has 1 saturated heterocycles. The van der Waals surface area contributed by atoms with Crippen LogP contribution in [-0.4, -0.2) is 72.0 Å². The molecule has 0 radical (unpaired) electrons. The third-order valence-electron chi connectivity index (χ3n) is 4.65. The smallest absolute Gasteiger partial charge is 0.350 e. The second-order valence-electron chi connectivity index (χ2n) is 7.35. The van der Waals surface area contributed by atoms with E-state index >= 15 is 0 Å². The molecule has 1 fully saturated rings. The van der Waals surface area contributed by atoms with Crippen LogP contribution in [-0.2, 0) is 13.8 Å². The van der Waals surface area contributed by atoms with E-state index in [1.165, 1.54) is 21.5 Å². The fourth-order valence-corrected chi connectivity index (χ4v) is 3.76. The number of benzene rings is 1. The fourth-order valence-electron chi connectivity index (χ4n) is 3.01. The lowest BCUT2D eigenvalue weighted by Crippen LogP contribution is -2.47. The Morgan fingerprint density at radius 3 is 2.68 bits per heavy atom. The molecule has 31 heavy (non-hydrogen) atoms. The van der Waals surface area contributed by atoms with Gasteiger partial charge in [-0.2, -0.15) is 4.98 Å². The molecule has 0 aliphatic carbocycles. The number of carbonyl (C=O) groups is 1. The van der Waals surface area contributed by atoms with E-state index in [0.717, 1.165) is 0 Å². The Kier molecular flexibility index (Phi) is 7.64. The summed E-state index contributed by atoms with van der Waals surface area (Å²) in [6.45, 7) is -2.44. The summed E-state index contributed by atoms with van der Waals surface area (Å²) in [5.41, 5.74) is -0.106. The molecule has 2 unspecified atom stereocenters. The minimum Gasteiger partial charge on any atom is -0.350 e. The van der Waals surface area contributed by atoms with Crippen molar-refractivity contribution in [2.75, 3.05) is 46.2 Å². The average Bonchev–Trinajstić information content (AvgIpc) is 2.72. The van der Waals surface area contributed by atoms with Gasteiger partial charge in [0.05, 0.1) is 12.7 Å². The van der Waals surface area contributed by atoms with E-state index in [9.17, 15) is 14.2 Å². The van der Waals surface area contributed by atoms with E-state index in [2.05, 4.69) is 10.3 Å². The van der Waals surface area contributed by atoms with Crippen LogP contribution in [0.5, 0.6) is 0 Å². The van der Waals surface area contributed by atoms with Gasteiger partial charge in [0.15, 0.2) is 6.23 Å². The number of ether oxygens (including phenoxy) is 1. The first-order valence-electron chi connectivity index (χ1n) is 9.57. The zero-order valence-corrected chi connectivity index (χ0v) is 19.1. The Morgan fingerprint density at radius 1 is 1.32 bits per heavy atom. The number of aromatic nitrogens is 2. The largest absolute Gasteiger partial charge is 0.362 e. The molecule has 1 aliphatic rings. The highest BCUT2D eigenvalue weighted by Crippen LogP contribution is 2.54. The number of nitrogens with zero attached hydrogens (tertiary/aromatic N) is 4. The second-order valence-corrected chi connectivity index (χ2v) is 10.6. The maximum absolute atomic E-state index is 12.6. The maximum atomic E-state index is 12.6. The molecule has 10 nitrogen and oxygen atoms in total. The van der Waals surface area contributed by atoms with Crippen molar-refractivity contribution in [1.29, 1.82) is 0 Å². The van der Waals surface area contributed by atoms with Crippen molar-refractivity contribution in [3.8, 4) is 0 Å². The highest BCUT2D eigenvalue weighted by Gasteiger charge is 2.31. The van der Waals surface area contributed by atoms with Crippen LogP contribution in [0.1, 0.15) is 16.6 Å². The number of nitrogens with one attached hydrogen (secondary N) is 1. The van der Waals surface area contributed by atoms with Crippen molar-refractivity contribution < 1.29 is 18.6 Å². The number of halogens is 1. The van der Waals surface area contributed by atoms with Crippen molar-refractivity contribution in [1.82, 2.24) is 19.1 Å². The van der Waals surface area contributed by atoms with Gasteiger partial charge < -0.3 is 14.6 Å². The number of amides is 1. The predicted octanol–water partition coefficient (Wildman–Crippen LogP) is 2.25. The molecule has 2 aromatic rings. The number of hydrogen-bond acceptors (Lipinski definition) is 7. The maximum Gasteiger partial charge on any atom is 0.362 e. The van der Waals surface area contributed by atoms with E-state index in [1.54, 1.807) is 38.4 Å². The standard InChI is InChI=1S/C19H25ClN5O5P/c1-23(2)31(20,28)29-13-15-11-24(3)12-17(30-15)25-10-9-16(22-19(25)27)21-18(26)14-7-5-4-6-8-14/h4-10,15,17H,11-13H2,1-3H3,(H,21,22,26,27)/t15-,17?,31?/m0/s1. The number of rotatable bonds is 7. The zero-order chi connectivity index (χ0) is 22.6. The molecule has 168 valence electrons. The lowest BCUT2D eigenvalue weighted by Gasteiger charge is -2.36. The van der Waals surface area contributed by atoms with Crippen LogP contribution in [0, 0.1) is 0 Å². The van der Waals surface area contributed by atoms with Crippen molar-refractivity contribution in [3.63, 3.8) is 0 Å². The Morgan fingerprint density at radius 2 is 2.03 bits per heavy atom. The number of carbonyl (C=O) groups excluding carboxylic acids is 1. The van der Waals surface area contributed by atoms with Crippen LogP contribution in [0.25, 0.3) is 0 Å². The predicted molar refractivity (Wildman–Crippen MR) is 117 cm³/mol. The SMILES string of the molecule is CN1CC(n2ccc(NC(=O)c3ccccc3)nc2=O)O[C@H](COP(=O)(Cl)N(C)C)C1. The Balaban J connectivity index is 1.68. The Hall–Kier alpha value is -2.07. The van der Waals surface area contributed by atoms with Gasteiger partial charge >= 0.3 is 12.6 Å². The van der Waals surface area contributed by atoms with Gasteiger partial charge in [-0.3, -0.25) is 18.8 Å². The molecular weight excluding hydrogens is 445 g/mol. The molecule has 12 heteroatoms. The van der Waals surface area contributed by atoms with Crippen LogP contribution in [0.4, 0.5) is 5.82 Å². The monoisotopic (exact) mass is 469 g/mol. The summed E-state index contributed by atoms with van der Waals surface area (Å²) >= 11 is 5.90. The number of morpholine rings is 1. The second kappa shape index (κ2) is 10.0. The van der Waals surface area contributed by atoms with Crippen molar-refractivity contribution in [2.45, 2.75) is 12.3 Å². The molecule has 1 aliphatic heterocycles. The molecule has 1 aromatic heterocycles. The van der Waals surface area contributed by atoms with Crippen LogP contribution in [0.2, 0.25) is 0 Å². The minimum atomic E-state index is -3.41. The minimum absolute atomic E-state index is 0.00714. The van der Waals surface area contributed by atoms with E-state index in [0.29, 0.717) is 18.7 Å². The third-order valence-corrected chi connectivity index (χ3v) is 7.27. The van der Waals surface area contributed by atoms with Crippen LogP contribution >= 0.6 is 18.1 Å². The van der Waals surface area contributed by atoms with Crippen molar-refractivity contribution in [2.24, 2.45) is 0 Å². The lowest BCUT2D eigenvalue weighted by molar-refractivity contribution is -0.127. The summed E-state index contributed by atoms with van der Waals surface area (Å²) in [6.07, 6.45) is 0.449. The molecule has 1 aromatic carbocycles. The Labute approximate surface area is 185 Å². The van der Waals surface area contributed by atoms with Gasteiger partial charge in [-0.25, -0.2) is 9.46 Å². The van der Waals surface area contributed by atoms with Crippen molar-refractivity contribution in [3.05, 3.63) is 58.6 Å². The van der Waals surface area contributed by atoms with E-state index in [-0.39, 0.29) is 18.3 Å². The van der Waals surface area contributed by atoms with Gasteiger partial charge in [-0.05, 0) is 50.6 Å². The summed E-state index contributed by atoms with van der Waals surface area (Å²) in [7, 11) is 5.00. The van der Waals surface area contributed by atoms with Gasteiger partial charge in [-0.1, -0.05) is 18.2 Å². The highest BCUT2D eigenvalue weighted by atomic mass is 35.7. The van der Waals surface area contributed by atoms with E-state index in [1.807, 2.05) is 18.0 Å². The fraction of sp³-hybridized carbons (Fsp3) is 0.421. The van der Waals surface area contributed by atoms with Crippen molar-refractivity contribution >= 4 is 29.8 Å². The quantitative estimate of drug-likeness (QED) is 0.615. The highest BCUT2D eigenvalue weighted by molar-refractivity contribution is 7.83. The molecule has 0 spiro atoms. The molecule has 1 amide bonds.